The molecule has 0 unspecified atom stereocenters. The van der Waals surface area contributed by atoms with E-state index < -0.39 is 25.5 Å². The van der Waals surface area contributed by atoms with Crippen molar-refractivity contribution in [3.8, 4) is 0 Å². The topological polar surface area (TPSA) is 93.1 Å². The SMILES string of the molecule is C=C(CC(=O)OCO)C(=O)OCO. The Kier molecular flexibility index (Phi) is 5.49. The van der Waals surface area contributed by atoms with E-state index in [1.54, 1.807) is 0 Å². The number of rotatable bonds is 5. The molecular formula is C7H10O6. The Bertz CT molecular complexity index is 209. The molecule has 0 saturated heterocycles. The summed E-state index contributed by atoms with van der Waals surface area (Å²) in [6, 6.07) is 0. The third-order valence-corrected chi connectivity index (χ3v) is 1.07. The van der Waals surface area contributed by atoms with Crippen LogP contribution >= 0.6 is 0 Å². The quantitative estimate of drug-likeness (QED) is 0.325. The first-order valence-corrected chi connectivity index (χ1v) is 3.34. The minimum atomic E-state index is -0.877. The van der Waals surface area contributed by atoms with E-state index >= 15 is 0 Å². The van der Waals surface area contributed by atoms with Crippen molar-refractivity contribution in [2.75, 3.05) is 13.6 Å². The van der Waals surface area contributed by atoms with Crippen LogP contribution in [0.1, 0.15) is 6.42 Å². The Labute approximate surface area is 74.4 Å². The number of aliphatic hydroxyl groups is 2. The molecule has 0 fully saturated rings. The molecule has 0 spiro atoms. The van der Waals surface area contributed by atoms with Gasteiger partial charge in [-0.15, -0.1) is 0 Å². The zero-order valence-electron chi connectivity index (χ0n) is 6.86. The van der Waals surface area contributed by atoms with Crippen LogP contribution in [-0.2, 0) is 19.1 Å². The number of esters is 2. The lowest BCUT2D eigenvalue weighted by Gasteiger charge is -2.03. The Morgan fingerprint density at radius 2 is 1.69 bits per heavy atom. The predicted molar refractivity (Wildman–Crippen MR) is 40.1 cm³/mol. The van der Waals surface area contributed by atoms with E-state index in [2.05, 4.69) is 16.1 Å². The summed E-state index contributed by atoms with van der Waals surface area (Å²) >= 11 is 0. The molecule has 0 aliphatic carbocycles. The van der Waals surface area contributed by atoms with Crippen molar-refractivity contribution in [3.05, 3.63) is 12.2 Å². The molecule has 6 nitrogen and oxygen atoms in total. The van der Waals surface area contributed by atoms with Gasteiger partial charge >= 0.3 is 11.9 Å². The maximum absolute atomic E-state index is 10.7. The standard InChI is InChI=1S/C7H10O6/c1-5(7(11)13-4-9)2-6(10)12-3-8/h8-9H,1-4H2. The van der Waals surface area contributed by atoms with E-state index in [1.807, 2.05) is 0 Å². The van der Waals surface area contributed by atoms with Crippen molar-refractivity contribution in [1.82, 2.24) is 0 Å². The minimum absolute atomic E-state index is 0.146. The van der Waals surface area contributed by atoms with Gasteiger partial charge in [0.15, 0.2) is 13.6 Å². The highest BCUT2D eigenvalue weighted by atomic mass is 16.6. The number of hydrogen-bond acceptors (Lipinski definition) is 6. The smallest absolute Gasteiger partial charge is 0.336 e. The van der Waals surface area contributed by atoms with Crippen molar-refractivity contribution in [3.63, 3.8) is 0 Å². The molecule has 6 heteroatoms. The summed E-state index contributed by atoms with van der Waals surface area (Å²) in [5.74, 6) is -1.67. The number of hydrogen-bond donors (Lipinski definition) is 2. The highest BCUT2D eigenvalue weighted by molar-refractivity contribution is 5.93. The first-order valence-electron chi connectivity index (χ1n) is 3.34. The molecule has 0 aromatic heterocycles. The molecule has 0 aromatic rings. The molecule has 0 aromatic carbocycles. The van der Waals surface area contributed by atoms with Gasteiger partial charge in [0, 0.05) is 5.57 Å². The van der Waals surface area contributed by atoms with Gasteiger partial charge in [-0.25, -0.2) is 4.79 Å². The van der Waals surface area contributed by atoms with Crippen molar-refractivity contribution >= 4 is 11.9 Å². The number of carbonyl (C=O) groups is 2. The average Bonchev–Trinajstić information content (AvgIpc) is 2.05. The second-order valence-corrected chi connectivity index (χ2v) is 1.99. The highest BCUT2D eigenvalue weighted by Gasteiger charge is 2.13. The zero-order valence-corrected chi connectivity index (χ0v) is 6.86. The second-order valence-electron chi connectivity index (χ2n) is 1.99. The van der Waals surface area contributed by atoms with Crippen molar-refractivity contribution in [2.45, 2.75) is 6.42 Å². The summed E-state index contributed by atoms with van der Waals surface area (Å²) in [5.41, 5.74) is -0.146. The van der Waals surface area contributed by atoms with Crippen LogP contribution in [0.3, 0.4) is 0 Å². The molecule has 0 bridgehead atoms. The van der Waals surface area contributed by atoms with E-state index in [0.29, 0.717) is 0 Å². The van der Waals surface area contributed by atoms with Gasteiger partial charge < -0.3 is 19.7 Å². The van der Waals surface area contributed by atoms with E-state index in [1.165, 1.54) is 0 Å². The fourth-order valence-electron chi connectivity index (χ4n) is 0.530. The van der Waals surface area contributed by atoms with Crippen molar-refractivity contribution in [1.29, 1.82) is 0 Å². The third kappa shape index (κ3) is 4.94. The summed E-state index contributed by atoms with van der Waals surface area (Å²) in [4.78, 5) is 21.4. The third-order valence-electron chi connectivity index (χ3n) is 1.07. The number of ether oxygens (including phenoxy) is 2. The van der Waals surface area contributed by atoms with Crippen LogP contribution in [0.25, 0.3) is 0 Å². The summed E-state index contributed by atoms with van der Waals surface area (Å²) < 4.78 is 8.26. The van der Waals surface area contributed by atoms with Crippen LogP contribution in [0.2, 0.25) is 0 Å². The van der Waals surface area contributed by atoms with Crippen molar-refractivity contribution < 1.29 is 29.3 Å². The second kappa shape index (κ2) is 6.15. The molecule has 0 amide bonds. The first-order chi connectivity index (χ1) is 6.11. The lowest BCUT2D eigenvalue weighted by molar-refractivity contribution is -0.154. The Morgan fingerprint density at radius 3 is 2.15 bits per heavy atom. The normalized spacial score (nSPS) is 9.08. The monoisotopic (exact) mass is 190 g/mol. The first kappa shape index (κ1) is 11.6. The summed E-state index contributed by atoms with van der Waals surface area (Å²) in [5, 5.41) is 16.3. The molecule has 0 aliphatic rings. The fourth-order valence-corrected chi connectivity index (χ4v) is 0.530. The molecular weight excluding hydrogens is 180 g/mol. The van der Waals surface area contributed by atoms with Gasteiger partial charge in [0.1, 0.15) is 0 Å². The van der Waals surface area contributed by atoms with Crippen LogP contribution in [0.15, 0.2) is 12.2 Å². The van der Waals surface area contributed by atoms with E-state index in [9.17, 15) is 9.59 Å². The van der Waals surface area contributed by atoms with Crippen LogP contribution in [0.5, 0.6) is 0 Å². The van der Waals surface area contributed by atoms with E-state index in [-0.39, 0.29) is 12.0 Å². The molecule has 0 saturated carbocycles. The summed E-state index contributed by atoms with van der Waals surface area (Å²) in [6.07, 6.45) is -0.376. The van der Waals surface area contributed by atoms with Crippen LogP contribution in [0, 0.1) is 0 Å². The van der Waals surface area contributed by atoms with Gasteiger partial charge in [0.2, 0.25) is 0 Å². The maximum atomic E-state index is 10.7. The van der Waals surface area contributed by atoms with Gasteiger partial charge in [0.05, 0.1) is 6.42 Å². The Balaban J connectivity index is 3.86. The van der Waals surface area contributed by atoms with Crippen LogP contribution in [0.4, 0.5) is 0 Å². The van der Waals surface area contributed by atoms with Gasteiger partial charge in [-0.3, -0.25) is 4.79 Å². The minimum Gasteiger partial charge on any atom is -0.438 e. The van der Waals surface area contributed by atoms with E-state index in [4.69, 9.17) is 10.2 Å². The van der Waals surface area contributed by atoms with E-state index in [0.717, 1.165) is 0 Å². The zero-order chi connectivity index (χ0) is 10.3. The lowest BCUT2D eigenvalue weighted by atomic mass is 10.2. The molecule has 2 N–H and O–H groups in total. The predicted octanol–water partition coefficient (Wildman–Crippen LogP) is -1.08. The molecule has 0 atom stereocenters. The highest BCUT2D eigenvalue weighted by Crippen LogP contribution is 2.02. The molecule has 0 aliphatic heterocycles. The summed E-state index contributed by atoms with van der Waals surface area (Å²) in [7, 11) is 0. The number of aliphatic hydroxyl groups excluding tert-OH is 2. The average molecular weight is 190 g/mol. The Hall–Kier alpha value is -1.40. The van der Waals surface area contributed by atoms with Gasteiger partial charge in [0.25, 0.3) is 0 Å². The lowest BCUT2D eigenvalue weighted by Crippen LogP contribution is -2.13. The Morgan fingerprint density at radius 1 is 1.15 bits per heavy atom. The largest absolute Gasteiger partial charge is 0.438 e. The number of carbonyl (C=O) groups excluding carboxylic acids is 2. The van der Waals surface area contributed by atoms with Gasteiger partial charge in [-0.2, -0.15) is 0 Å². The van der Waals surface area contributed by atoms with Crippen molar-refractivity contribution in [2.24, 2.45) is 0 Å². The van der Waals surface area contributed by atoms with Gasteiger partial charge in [-0.1, -0.05) is 6.58 Å². The molecule has 74 valence electrons. The fraction of sp³-hybridized carbons (Fsp3) is 0.429. The maximum Gasteiger partial charge on any atom is 0.336 e. The molecule has 0 radical (unpaired) electrons. The molecule has 0 rings (SSSR count). The van der Waals surface area contributed by atoms with Crippen LogP contribution in [-0.4, -0.2) is 35.7 Å². The van der Waals surface area contributed by atoms with Gasteiger partial charge in [-0.05, 0) is 0 Å². The molecule has 13 heavy (non-hydrogen) atoms. The van der Waals surface area contributed by atoms with Crippen LogP contribution < -0.4 is 0 Å². The molecule has 0 heterocycles. The summed E-state index contributed by atoms with van der Waals surface area (Å²) in [6.45, 7) is 1.71.